The molecule has 0 unspecified atom stereocenters. The molecule has 0 radical (unpaired) electrons. The molecule has 1 saturated carbocycles. The van der Waals surface area contributed by atoms with E-state index in [-0.39, 0.29) is 0 Å². The highest BCUT2D eigenvalue weighted by Crippen LogP contribution is 2.26. The van der Waals surface area contributed by atoms with Crippen molar-refractivity contribution in [2.45, 2.75) is 91.1 Å². The zero-order valence-electron chi connectivity index (χ0n) is 16.3. The first kappa shape index (κ1) is 20.0. The van der Waals surface area contributed by atoms with E-state index in [9.17, 15) is 0 Å². The SMILES string of the molecule is CC(C)CCCN(C)[C@@H]1CCCC[C@H]1N(C)CCCC(C)C. The van der Waals surface area contributed by atoms with E-state index in [0.29, 0.717) is 0 Å². The second kappa shape index (κ2) is 10.6. The fraction of sp³-hybridized carbons (Fsp3) is 1.00. The van der Waals surface area contributed by atoms with Gasteiger partial charge in [0.1, 0.15) is 0 Å². The zero-order chi connectivity index (χ0) is 16.5. The monoisotopic (exact) mass is 310 g/mol. The number of likely N-dealkylation sites (N-methyl/N-ethyl adjacent to an activating group) is 2. The van der Waals surface area contributed by atoms with Crippen LogP contribution in [-0.4, -0.2) is 49.1 Å². The minimum Gasteiger partial charge on any atom is -0.302 e. The highest BCUT2D eigenvalue weighted by atomic mass is 15.2. The minimum atomic E-state index is 0.782. The van der Waals surface area contributed by atoms with Crippen molar-refractivity contribution in [3.05, 3.63) is 0 Å². The van der Waals surface area contributed by atoms with Crippen molar-refractivity contribution in [1.82, 2.24) is 9.80 Å². The van der Waals surface area contributed by atoms with Gasteiger partial charge >= 0.3 is 0 Å². The zero-order valence-corrected chi connectivity index (χ0v) is 16.3. The Kier molecular flexibility index (Phi) is 9.66. The van der Waals surface area contributed by atoms with Gasteiger partial charge in [-0.3, -0.25) is 0 Å². The molecule has 22 heavy (non-hydrogen) atoms. The van der Waals surface area contributed by atoms with Gasteiger partial charge in [0, 0.05) is 12.1 Å². The third-order valence-corrected chi connectivity index (χ3v) is 5.41. The van der Waals surface area contributed by atoms with Gasteiger partial charge in [-0.25, -0.2) is 0 Å². The van der Waals surface area contributed by atoms with Gasteiger partial charge in [-0.2, -0.15) is 0 Å². The van der Waals surface area contributed by atoms with Crippen LogP contribution in [-0.2, 0) is 0 Å². The average molecular weight is 311 g/mol. The summed E-state index contributed by atoms with van der Waals surface area (Å²) in [6.07, 6.45) is 11.1. The summed E-state index contributed by atoms with van der Waals surface area (Å²) in [7, 11) is 4.73. The van der Waals surface area contributed by atoms with E-state index in [1.807, 2.05) is 0 Å². The summed E-state index contributed by atoms with van der Waals surface area (Å²) in [5.41, 5.74) is 0. The van der Waals surface area contributed by atoms with Gasteiger partial charge in [0.2, 0.25) is 0 Å². The lowest BCUT2D eigenvalue weighted by molar-refractivity contribution is 0.0746. The molecule has 132 valence electrons. The molecule has 0 aliphatic heterocycles. The summed E-state index contributed by atoms with van der Waals surface area (Å²) in [5, 5.41) is 0. The molecule has 0 spiro atoms. The van der Waals surface area contributed by atoms with Gasteiger partial charge < -0.3 is 9.80 Å². The van der Waals surface area contributed by atoms with Crippen molar-refractivity contribution in [3.63, 3.8) is 0 Å². The predicted octanol–water partition coefficient (Wildman–Crippen LogP) is 5.03. The normalized spacial score (nSPS) is 23.2. The van der Waals surface area contributed by atoms with Gasteiger partial charge in [-0.1, -0.05) is 40.5 Å². The fourth-order valence-corrected chi connectivity index (χ4v) is 3.95. The third-order valence-electron chi connectivity index (χ3n) is 5.41. The molecule has 0 amide bonds. The Labute approximate surface area is 140 Å². The molecular weight excluding hydrogens is 268 g/mol. The lowest BCUT2D eigenvalue weighted by atomic mass is 9.88. The van der Waals surface area contributed by atoms with Crippen LogP contribution in [0.15, 0.2) is 0 Å². The highest BCUT2D eigenvalue weighted by molar-refractivity contribution is 4.88. The molecule has 2 nitrogen and oxygen atoms in total. The van der Waals surface area contributed by atoms with Crippen LogP contribution in [0.1, 0.15) is 79.1 Å². The first-order valence-corrected chi connectivity index (χ1v) is 9.82. The van der Waals surface area contributed by atoms with E-state index >= 15 is 0 Å². The van der Waals surface area contributed by atoms with E-state index in [1.165, 1.54) is 64.5 Å². The summed E-state index contributed by atoms with van der Waals surface area (Å²) in [6, 6.07) is 1.56. The highest BCUT2D eigenvalue weighted by Gasteiger charge is 2.30. The van der Waals surface area contributed by atoms with Crippen molar-refractivity contribution in [2.75, 3.05) is 27.2 Å². The Balaban J connectivity index is 2.43. The smallest absolute Gasteiger partial charge is 0.0248 e. The van der Waals surface area contributed by atoms with Crippen LogP contribution in [0.4, 0.5) is 0 Å². The number of rotatable bonds is 10. The fourth-order valence-electron chi connectivity index (χ4n) is 3.95. The maximum Gasteiger partial charge on any atom is 0.0248 e. The average Bonchev–Trinajstić information content (AvgIpc) is 2.46. The topological polar surface area (TPSA) is 6.48 Å². The number of hydrogen-bond acceptors (Lipinski definition) is 2. The molecule has 2 atom stereocenters. The van der Waals surface area contributed by atoms with Crippen LogP contribution in [0, 0.1) is 11.8 Å². The Morgan fingerprint density at radius 3 is 1.41 bits per heavy atom. The Hall–Kier alpha value is -0.0800. The summed E-state index contributed by atoms with van der Waals surface area (Å²) >= 11 is 0. The third kappa shape index (κ3) is 7.46. The number of hydrogen-bond donors (Lipinski definition) is 0. The second-order valence-corrected chi connectivity index (χ2v) is 8.45. The first-order valence-electron chi connectivity index (χ1n) is 9.82. The van der Waals surface area contributed by atoms with Crippen molar-refractivity contribution in [3.8, 4) is 0 Å². The van der Waals surface area contributed by atoms with Crippen LogP contribution >= 0.6 is 0 Å². The molecule has 0 N–H and O–H groups in total. The molecule has 1 rings (SSSR count). The van der Waals surface area contributed by atoms with Crippen molar-refractivity contribution in [1.29, 1.82) is 0 Å². The molecular formula is C20H42N2. The Morgan fingerprint density at radius 1 is 0.727 bits per heavy atom. The van der Waals surface area contributed by atoms with E-state index in [2.05, 4.69) is 51.6 Å². The molecule has 0 saturated heterocycles. The van der Waals surface area contributed by atoms with Gasteiger partial charge in [-0.15, -0.1) is 0 Å². The molecule has 1 fully saturated rings. The molecule has 1 aliphatic rings. The van der Waals surface area contributed by atoms with E-state index < -0.39 is 0 Å². The van der Waals surface area contributed by atoms with Gasteiger partial charge in [0.05, 0.1) is 0 Å². The molecule has 0 heterocycles. The van der Waals surface area contributed by atoms with E-state index in [0.717, 1.165) is 23.9 Å². The first-order chi connectivity index (χ1) is 10.4. The van der Waals surface area contributed by atoms with Crippen LogP contribution in [0.25, 0.3) is 0 Å². The lowest BCUT2D eigenvalue weighted by Gasteiger charge is -2.43. The van der Waals surface area contributed by atoms with E-state index in [4.69, 9.17) is 0 Å². The molecule has 2 heteroatoms. The standard InChI is InChI=1S/C20H42N2/c1-17(2)11-9-15-21(5)19-13-7-8-14-20(19)22(6)16-10-12-18(3)4/h17-20H,7-16H2,1-6H3/t19-,20-/m1/s1. The van der Waals surface area contributed by atoms with Crippen LogP contribution in [0.5, 0.6) is 0 Å². The van der Waals surface area contributed by atoms with Crippen LogP contribution in [0.3, 0.4) is 0 Å². The largest absolute Gasteiger partial charge is 0.302 e. The maximum absolute atomic E-state index is 2.67. The lowest BCUT2D eigenvalue weighted by Crippen LogP contribution is -2.51. The van der Waals surface area contributed by atoms with Crippen LogP contribution in [0.2, 0.25) is 0 Å². The van der Waals surface area contributed by atoms with Crippen molar-refractivity contribution in [2.24, 2.45) is 11.8 Å². The molecule has 1 aliphatic carbocycles. The summed E-state index contributed by atoms with van der Waals surface area (Å²) in [6.45, 7) is 11.9. The molecule has 0 aromatic rings. The van der Waals surface area contributed by atoms with Crippen LogP contribution < -0.4 is 0 Å². The minimum absolute atomic E-state index is 0.782. The summed E-state index contributed by atoms with van der Waals surface area (Å²) < 4.78 is 0. The van der Waals surface area contributed by atoms with Gasteiger partial charge in [0.15, 0.2) is 0 Å². The van der Waals surface area contributed by atoms with Gasteiger partial charge in [-0.05, 0) is 77.5 Å². The maximum atomic E-state index is 2.67. The molecule has 0 bridgehead atoms. The Morgan fingerprint density at radius 2 is 1.09 bits per heavy atom. The van der Waals surface area contributed by atoms with Gasteiger partial charge in [0.25, 0.3) is 0 Å². The summed E-state index contributed by atoms with van der Waals surface area (Å²) in [4.78, 5) is 5.34. The quantitative estimate of drug-likeness (QED) is 0.558. The van der Waals surface area contributed by atoms with Crippen molar-refractivity contribution < 1.29 is 0 Å². The second-order valence-electron chi connectivity index (χ2n) is 8.45. The molecule has 0 aromatic heterocycles. The van der Waals surface area contributed by atoms with Crippen molar-refractivity contribution >= 4 is 0 Å². The predicted molar refractivity (Wildman–Crippen MR) is 99.4 cm³/mol. The Bertz CT molecular complexity index is 247. The summed E-state index contributed by atoms with van der Waals surface area (Å²) in [5.74, 6) is 1.68. The van der Waals surface area contributed by atoms with E-state index in [1.54, 1.807) is 0 Å². The molecule has 0 aromatic carbocycles. The number of nitrogens with zero attached hydrogens (tertiary/aromatic N) is 2.